The van der Waals surface area contributed by atoms with Gasteiger partial charge in [-0.25, -0.2) is 0 Å². The molecular weight excluding hydrogens is 280 g/mol. The van der Waals surface area contributed by atoms with Crippen molar-refractivity contribution in [2.24, 2.45) is 0 Å². The third-order valence-corrected chi connectivity index (χ3v) is 3.79. The summed E-state index contributed by atoms with van der Waals surface area (Å²) < 4.78 is 0. The Hall–Kier alpha value is -1.28. The topological polar surface area (TPSA) is 99.3 Å². The Bertz CT molecular complexity index is 365. The van der Waals surface area contributed by atoms with Crippen LogP contribution in [0.5, 0.6) is 0 Å². The smallest absolute Gasteiger partial charge is 0.230 e. The Labute approximate surface area is 123 Å². The lowest BCUT2D eigenvalue weighted by molar-refractivity contribution is -0.125. The first-order valence-corrected chi connectivity index (χ1v) is 7.74. The normalized spacial score (nSPS) is 22.0. The lowest BCUT2D eigenvalue weighted by atomic mass is 10.1. The van der Waals surface area contributed by atoms with Gasteiger partial charge in [-0.15, -0.1) is 11.8 Å². The van der Waals surface area contributed by atoms with Crippen LogP contribution in [0.4, 0.5) is 0 Å². The molecule has 1 saturated heterocycles. The van der Waals surface area contributed by atoms with E-state index in [0.29, 0.717) is 6.54 Å². The quantitative estimate of drug-likeness (QED) is 0.491. The van der Waals surface area contributed by atoms with Gasteiger partial charge in [-0.1, -0.05) is 6.92 Å². The van der Waals surface area contributed by atoms with Gasteiger partial charge in [0.15, 0.2) is 0 Å². The van der Waals surface area contributed by atoms with E-state index in [1.54, 1.807) is 7.05 Å². The molecule has 4 N–H and O–H groups in total. The fraction of sp³-hybridized carbons (Fsp3) is 0.750. The summed E-state index contributed by atoms with van der Waals surface area (Å²) >= 11 is 1.31. The monoisotopic (exact) mass is 302 g/mol. The molecule has 0 aliphatic carbocycles. The summed E-state index contributed by atoms with van der Waals surface area (Å²) in [4.78, 5) is 34.4. The fourth-order valence-corrected chi connectivity index (χ4v) is 2.69. The predicted molar refractivity (Wildman–Crippen MR) is 77.9 cm³/mol. The standard InChI is InChI=1S/C12H22N4O3S/c1-3-4-14-11(19)7-20-12-15-8(5-9(17)13-2)6-10(18)16-12/h8,12,15H,3-7H2,1-2H3,(H,13,17)(H,14,19)(H,16,18). The van der Waals surface area contributed by atoms with E-state index in [-0.39, 0.29) is 47.9 Å². The van der Waals surface area contributed by atoms with Crippen LogP contribution in [0.15, 0.2) is 0 Å². The maximum absolute atomic E-state index is 11.6. The molecule has 0 aromatic carbocycles. The van der Waals surface area contributed by atoms with Gasteiger partial charge >= 0.3 is 0 Å². The van der Waals surface area contributed by atoms with Crippen LogP contribution >= 0.6 is 11.8 Å². The summed E-state index contributed by atoms with van der Waals surface area (Å²) in [6, 6.07) is -0.195. The van der Waals surface area contributed by atoms with Crippen LogP contribution in [-0.2, 0) is 14.4 Å². The third-order valence-electron chi connectivity index (χ3n) is 2.77. The van der Waals surface area contributed by atoms with Crippen molar-refractivity contribution >= 4 is 29.5 Å². The van der Waals surface area contributed by atoms with E-state index in [4.69, 9.17) is 0 Å². The summed E-state index contributed by atoms with van der Waals surface area (Å²) in [6.45, 7) is 2.64. The zero-order valence-corrected chi connectivity index (χ0v) is 12.6. The van der Waals surface area contributed by atoms with Crippen molar-refractivity contribution in [3.05, 3.63) is 0 Å². The van der Waals surface area contributed by atoms with E-state index >= 15 is 0 Å². The van der Waals surface area contributed by atoms with Gasteiger partial charge in [0.05, 0.1) is 5.75 Å². The van der Waals surface area contributed by atoms with Crippen molar-refractivity contribution in [2.45, 2.75) is 37.7 Å². The van der Waals surface area contributed by atoms with Crippen molar-refractivity contribution in [3.63, 3.8) is 0 Å². The molecular formula is C12H22N4O3S. The van der Waals surface area contributed by atoms with Crippen molar-refractivity contribution < 1.29 is 14.4 Å². The number of thioether (sulfide) groups is 1. The molecule has 7 nitrogen and oxygen atoms in total. The Kier molecular flexibility index (Phi) is 7.38. The summed E-state index contributed by atoms with van der Waals surface area (Å²) in [6.07, 6.45) is 1.42. The molecule has 1 heterocycles. The van der Waals surface area contributed by atoms with Gasteiger partial charge in [-0.3, -0.25) is 19.7 Å². The Morgan fingerprint density at radius 1 is 1.40 bits per heavy atom. The highest BCUT2D eigenvalue weighted by atomic mass is 32.2. The molecule has 0 radical (unpaired) electrons. The van der Waals surface area contributed by atoms with Crippen LogP contribution in [0, 0.1) is 0 Å². The fourth-order valence-electron chi connectivity index (χ4n) is 1.76. The minimum Gasteiger partial charge on any atom is -0.359 e. The second-order valence-corrected chi connectivity index (χ2v) is 5.65. The lowest BCUT2D eigenvalue weighted by Gasteiger charge is -2.30. The summed E-state index contributed by atoms with van der Waals surface area (Å²) in [5.41, 5.74) is -0.335. The summed E-state index contributed by atoms with van der Waals surface area (Å²) in [7, 11) is 1.57. The Balaban J connectivity index is 2.36. The number of hydrogen-bond donors (Lipinski definition) is 4. The molecule has 8 heteroatoms. The highest BCUT2D eigenvalue weighted by molar-refractivity contribution is 8.00. The second kappa shape index (κ2) is 8.80. The highest BCUT2D eigenvalue weighted by Gasteiger charge is 2.27. The van der Waals surface area contributed by atoms with Crippen LogP contribution in [0.1, 0.15) is 26.2 Å². The molecule has 114 valence electrons. The zero-order valence-electron chi connectivity index (χ0n) is 11.8. The van der Waals surface area contributed by atoms with Crippen molar-refractivity contribution in [1.82, 2.24) is 21.3 Å². The molecule has 2 atom stereocenters. The van der Waals surface area contributed by atoms with Gasteiger partial charge in [0.1, 0.15) is 5.50 Å². The van der Waals surface area contributed by atoms with Crippen LogP contribution in [-0.4, -0.2) is 48.6 Å². The molecule has 0 spiro atoms. The maximum Gasteiger partial charge on any atom is 0.230 e. The van der Waals surface area contributed by atoms with Crippen molar-refractivity contribution in [1.29, 1.82) is 0 Å². The van der Waals surface area contributed by atoms with Gasteiger partial charge in [0.25, 0.3) is 0 Å². The van der Waals surface area contributed by atoms with Crippen LogP contribution < -0.4 is 21.3 Å². The average molecular weight is 302 g/mol. The number of carbonyl (C=O) groups excluding carboxylic acids is 3. The van der Waals surface area contributed by atoms with E-state index in [9.17, 15) is 14.4 Å². The largest absolute Gasteiger partial charge is 0.359 e. The van der Waals surface area contributed by atoms with Gasteiger partial charge in [-0.2, -0.15) is 0 Å². The highest BCUT2D eigenvalue weighted by Crippen LogP contribution is 2.13. The first-order chi connectivity index (χ1) is 9.55. The number of rotatable bonds is 7. The summed E-state index contributed by atoms with van der Waals surface area (Å²) in [5, 5.41) is 11.2. The first kappa shape index (κ1) is 16.8. The zero-order chi connectivity index (χ0) is 15.0. The second-order valence-electron chi connectivity index (χ2n) is 4.55. The molecule has 1 aliphatic rings. The molecule has 0 aromatic rings. The van der Waals surface area contributed by atoms with Gasteiger partial charge in [-0.05, 0) is 6.42 Å². The van der Waals surface area contributed by atoms with E-state index in [1.807, 2.05) is 6.92 Å². The van der Waals surface area contributed by atoms with Gasteiger partial charge in [0.2, 0.25) is 17.7 Å². The van der Waals surface area contributed by atoms with E-state index in [2.05, 4.69) is 21.3 Å². The van der Waals surface area contributed by atoms with E-state index in [1.165, 1.54) is 11.8 Å². The van der Waals surface area contributed by atoms with E-state index in [0.717, 1.165) is 6.42 Å². The third kappa shape index (κ3) is 6.25. The Morgan fingerprint density at radius 2 is 2.15 bits per heavy atom. The van der Waals surface area contributed by atoms with Crippen LogP contribution in [0.2, 0.25) is 0 Å². The molecule has 20 heavy (non-hydrogen) atoms. The van der Waals surface area contributed by atoms with Crippen molar-refractivity contribution in [2.75, 3.05) is 19.3 Å². The molecule has 1 rings (SSSR count). The number of hydrogen-bond acceptors (Lipinski definition) is 5. The molecule has 1 fully saturated rings. The van der Waals surface area contributed by atoms with Crippen LogP contribution in [0.3, 0.4) is 0 Å². The average Bonchev–Trinajstić information content (AvgIpc) is 2.42. The molecule has 0 aromatic heterocycles. The first-order valence-electron chi connectivity index (χ1n) is 6.69. The number of nitrogens with one attached hydrogen (secondary N) is 4. The minimum atomic E-state index is -0.335. The van der Waals surface area contributed by atoms with Crippen LogP contribution in [0.25, 0.3) is 0 Å². The van der Waals surface area contributed by atoms with E-state index < -0.39 is 0 Å². The number of amides is 3. The summed E-state index contributed by atoms with van der Waals surface area (Å²) in [5.74, 6) is -0.00273. The molecule has 2 unspecified atom stereocenters. The lowest BCUT2D eigenvalue weighted by Crippen LogP contribution is -2.56. The SMILES string of the molecule is CCCNC(=O)CSC1NC(=O)CC(CC(=O)NC)N1. The molecule has 1 aliphatic heterocycles. The maximum atomic E-state index is 11.6. The van der Waals surface area contributed by atoms with Gasteiger partial charge < -0.3 is 16.0 Å². The molecule has 3 amide bonds. The Morgan fingerprint density at radius 3 is 2.80 bits per heavy atom. The molecule has 0 bridgehead atoms. The van der Waals surface area contributed by atoms with Gasteiger partial charge in [0, 0.05) is 32.5 Å². The van der Waals surface area contributed by atoms with Crippen molar-refractivity contribution in [3.8, 4) is 0 Å². The minimum absolute atomic E-state index is 0.0543. The predicted octanol–water partition coefficient (Wildman–Crippen LogP) is -0.856. The number of carbonyl (C=O) groups is 3. The molecule has 0 saturated carbocycles.